The van der Waals surface area contributed by atoms with Gasteiger partial charge >= 0.3 is 0 Å². The number of sulfone groups is 1. The number of piperidine rings is 1. The molecule has 3 aromatic rings. The maximum atomic E-state index is 12.9. The third-order valence-electron chi connectivity index (χ3n) is 10.6. The van der Waals surface area contributed by atoms with Crippen molar-refractivity contribution in [3.05, 3.63) is 84.7 Å². The van der Waals surface area contributed by atoms with E-state index in [0.29, 0.717) is 28.6 Å². The molecule has 0 radical (unpaired) electrons. The van der Waals surface area contributed by atoms with E-state index >= 15 is 0 Å². The van der Waals surface area contributed by atoms with Gasteiger partial charge in [-0.15, -0.1) is 0 Å². The summed E-state index contributed by atoms with van der Waals surface area (Å²) in [6.45, 7) is 5.27. The lowest BCUT2D eigenvalue weighted by Gasteiger charge is -2.48. The largest absolute Gasteiger partial charge is 0.396 e. The van der Waals surface area contributed by atoms with E-state index in [0.717, 1.165) is 70.5 Å². The minimum atomic E-state index is -3.54. The second-order valence-electron chi connectivity index (χ2n) is 13.0. The van der Waals surface area contributed by atoms with E-state index < -0.39 is 15.3 Å². The lowest BCUT2D eigenvalue weighted by molar-refractivity contribution is 0.0880. The Morgan fingerprint density at radius 3 is 2.25 bits per heavy atom. The first kappa shape index (κ1) is 30.8. The molecule has 1 unspecified atom stereocenters. The zero-order valence-electron chi connectivity index (χ0n) is 25.5. The van der Waals surface area contributed by atoms with Crippen LogP contribution in [0.4, 0.5) is 5.69 Å². The van der Waals surface area contributed by atoms with Gasteiger partial charge in [0, 0.05) is 50.2 Å². The standard InChI is InChI=1S/C36H44N4O3S/c37-27-36(30-8-2-1-3-9-30,35-10-4-6-29(35)7-5-23-41)31-17-21-39(22-18-31)24-28-25-40(26-28)32-11-13-33(14-12-32)44(42,43)34-15-19-38-20-16-34/h1-3,8-9,11-16,19-20,28-29,31,35,41H,4-7,10,17-18,21-26H2/t29-,35+,36?/m0/s1. The molecule has 1 aromatic heterocycles. The molecule has 3 atom stereocenters. The molecule has 44 heavy (non-hydrogen) atoms. The second-order valence-corrected chi connectivity index (χ2v) is 15.0. The molecular weight excluding hydrogens is 568 g/mol. The lowest BCUT2D eigenvalue weighted by atomic mass is 9.58. The van der Waals surface area contributed by atoms with Crippen molar-refractivity contribution in [2.45, 2.75) is 60.2 Å². The third kappa shape index (κ3) is 6.02. The molecule has 3 aliphatic rings. The molecule has 8 heteroatoms. The molecule has 2 saturated heterocycles. The molecule has 2 aliphatic heterocycles. The monoisotopic (exact) mass is 612 g/mol. The van der Waals surface area contributed by atoms with Gasteiger partial charge in [0.2, 0.25) is 9.84 Å². The van der Waals surface area contributed by atoms with Crippen molar-refractivity contribution in [2.75, 3.05) is 44.2 Å². The average Bonchev–Trinajstić information content (AvgIpc) is 3.53. The van der Waals surface area contributed by atoms with Crippen LogP contribution in [0, 0.1) is 35.0 Å². The van der Waals surface area contributed by atoms with Crippen molar-refractivity contribution in [3.63, 3.8) is 0 Å². The number of hydrogen-bond acceptors (Lipinski definition) is 7. The molecule has 1 N–H and O–H groups in total. The summed E-state index contributed by atoms with van der Waals surface area (Å²) in [5.74, 6) is 1.78. The van der Waals surface area contributed by atoms with Gasteiger partial charge in [0.15, 0.2) is 0 Å². The first-order chi connectivity index (χ1) is 21.5. The van der Waals surface area contributed by atoms with Crippen LogP contribution in [-0.2, 0) is 15.3 Å². The smallest absolute Gasteiger partial charge is 0.206 e. The highest BCUT2D eigenvalue weighted by atomic mass is 32.2. The predicted molar refractivity (Wildman–Crippen MR) is 172 cm³/mol. The summed E-state index contributed by atoms with van der Waals surface area (Å²) in [6, 6.07) is 23.8. The average molecular weight is 613 g/mol. The first-order valence-corrected chi connectivity index (χ1v) is 17.7. The predicted octanol–water partition coefficient (Wildman–Crippen LogP) is 5.71. The highest BCUT2D eigenvalue weighted by molar-refractivity contribution is 7.91. The minimum absolute atomic E-state index is 0.227. The third-order valence-corrected chi connectivity index (χ3v) is 12.4. The van der Waals surface area contributed by atoms with Crippen molar-refractivity contribution in [2.24, 2.45) is 23.7 Å². The van der Waals surface area contributed by atoms with Gasteiger partial charge in [-0.2, -0.15) is 5.26 Å². The fourth-order valence-electron chi connectivity index (χ4n) is 8.36. The maximum Gasteiger partial charge on any atom is 0.206 e. The Morgan fingerprint density at radius 1 is 0.909 bits per heavy atom. The number of anilines is 1. The number of aliphatic hydroxyl groups excluding tert-OH is 1. The van der Waals surface area contributed by atoms with E-state index in [-0.39, 0.29) is 11.5 Å². The number of benzene rings is 2. The van der Waals surface area contributed by atoms with E-state index in [2.05, 4.69) is 45.1 Å². The summed E-state index contributed by atoms with van der Waals surface area (Å²) in [7, 11) is -3.54. The Kier molecular flexibility index (Phi) is 9.37. The normalized spacial score (nSPS) is 23.1. The molecule has 2 aromatic carbocycles. The van der Waals surface area contributed by atoms with Gasteiger partial charge in [-0.05, 0) is 105 Å². The first-order valence-electron chi connectivity index (χ1n) is 16.3. The molecule has 0 spiro atoms. The van der Waals surface area contributed by atoms with Crippen molar-refractivity contribution in [1.29, 1.82) is 5.26 Å². The van der Waals surface area contributed by atoms with Crippen LogP contribution in [0.3, 0.4) is 0 Å². The van der Waals surface area contributed by atoms with Crippen LogP contribution in [-0.4, -0.2) is 62.7 Å². The van der Waals surface area contributed by atoms with Crippen LogP contribution >= 0.6 is 0 Å². The fraction of sp³-hybridized carbons (Fsp3) is 0.500. The Hall–Kier alpha value is -3.25. The highest BCUT2D eigenvalue weighted by Gasteiger charge is 2.51. The van der Waals surface area contributed by atoms with Crippen molar-refractivity contribution in [3.8, 4) is 6.07 Å². The van der Waals surface area contributed by atoms with Crippen molar-refractivity contribution < 1.29 is 13.5 Å². The van der Waals surface area contributed by atoms with Gasteiger partial charge in [-0.25, -0.2) is 8.42 Å². The fourth-order valence-corrected chi connectivity index (χ4v) is 9.61. The van der Waals surface area contributed by atoms with E-state index in [1.807, 2.05) is 18.2 Å². The topological polar surface area (TPSA) is 97.5 Å². The second kappa shape index (κ2) is 13.4. The Morgan fingerprint density at radius 2 is 1.59 bits per heavy atom. The molecule has 1 aliphatic carbocycles. The van der Waals surface area contributed by atoms with Gasteiger partial charge in [0.05, 0.1) is 21.3 Å². The molecule has 1 saturated carbocycles. The van der Waals surface area contributed by atoms with Gasteiger partial charge in [-0.3, -0.25) is 4.98 Å². The summed E-state index contributed by atoms with van der Waals surface area (Å²) >= 11 is 0. The SMILES string of the molecule is N#CC(c1ccccc1)(C1CCN(CC2CN(c3ccc(S(=O)(=O)c4ccncc4)cc3)C2)CC1)[C@@H]1CCC[C@H]1CCCO. The summed E-state index contributed by atoms with van der Waals surface area (Å²) in [5.41, 5.74) is 1.78. The molecular formula is C36H44N4O3S. The molecule has 3 heterocycles. The van der Waals surface area contributed by atoms with Gasteiger partial charge < -0.3 is 14.9 Å². The number of aromatic nitrogens is 1. The van der Waals surface area contributed by atoms with Gasteiger partial charge in [-0.1, -0.05) is 43.2 Å². The maximum absolute atomic E-state index is 12.9. The molecule has 0 bridgehead atoms. The van der Waals surface area contributed by atoms with Gasteiger partial charge in [0.25, 0.3) is 0 Å². The summed E-state index contributed by atoms with van der Waals surface area (Å²) in [5, 5.41) is 20.5. The number of likely N-dealkylation sites (tertiary alicyclic amines) is 1. The minimum Gasteiger partial charge on any atom is -0.396 e. The quantitative estimate of drug-likeness (QED) is 0.296. The van der Waals surface area contributed by atoms with Crippen LogP contribution in [0.1, 0.15) is 50.5 Å². The van der Waals surface area contributed by atoms with Gasteiger partial charge in [0.1, 0.15) is 0 Å². The van der Waals surface area contributed by atoms with Crippen LogP contribution in [0.2, 0.25) is 0 Å². The Labute approximate surface area is 262 Å². The molecule has 0 amide bonds. The lowest BCUT2D eigenvalue weighted by Crippen LogP contribution is -2.54. The van der Waals surface area contributed by atoms with Crippen LogP contribution < -0.4 is 4.90 Å². The van der Waals surface area contributed by atoms with Crippen molar-refractivity contribution in [1.82, 2.24) is 9.88 Å². The molecule has 232 valence electrons. The Balaban J connectivity index is 1.06. The number of rotatable bonds is 11. The number of pyridine rings is 1. The number of nitriles is 1. The zero-order valence-corrected chi connectivity index (χ0v) is 26.3. The van der Waals surface area contributed by atoms with E-state index in [9.17, 15) is 18.8 Å². The van der Waals surface area contributed by atoms with Crippen LogP contribution in [0.25, 0.3) is 0 Å². The van der Waals surface area contributed by atoms with E-state index in [4.69, 9.17) is 0 Å². The van der Waals surface area contributed by atoms with E-state index in [1.165, 1.54) is 42.9 Å². The Bertz CT molecular complexity index is 1510. The van der Waals surface area contributed by atoms with E-state index in [1.54, 1.807) is 12.1 Å². The zero-order chi connectivity index (χ0) is 30.6. The molecule has 3 fully saturated rings. The summed E-state index contributed by atoms with van der Waals surface area (Å²) in [6.07, 6.45) is 10.4. The molecule has 7 nitrogen and oxygen atoms in total. The molecule has 6 rings (SSSR count). The number of nitrogens with zero attached hydrogens (tertiary/aromatic N) is 4. The van der Waals surface area contributed by atoms with Crippen LogP contribution in [0.15, 0.2) is 88.9 Å². The summed E-state index contributed by atoms with van der Waals surface area (Å²) in [4.78, 5) is 9.39. The van der Waals surface area contributed by atoms with Crippen molar-refractivity contribution >= 4 is 15.5 Å². The number of aliphatic hydroxyl groups is 1. The number of hydrogen-bond donors (Lipinski definition) is 1. The van der Waals surface area contributed by atoms with Crippen LogP contribution in [0.5, 0.6) is 0 Å². The summed E-state index contributed by atoms with van der Waals surface area (Å²) < 4.78 is 25.8. The highest BCUT2D eigenvalue weighted by Crippen LogP contribution is 2.53.